The first-order valence-corrected chi connectivity index (χ1v) is 11.1. The minimum atomic E-state index is -0.518. The van der Waals surface area contributed by atoms with Gasteiger partial charge in [0.1, 0.15) is 5.75 Å². The highest BCUT2D eigenvalue weighted by Crippen LogP contribution is 2.28. The van der Waals surface area contributed by atoms with E-state index in [1.54, 1.807) is 66.7 Å². The van der Waals surface area contributed by atoms with Crippen LogP contribution in [-0.4, -0.2) is 31.8 Å². The Balaban J connectivity index is 1.60. The summed E-state index contributed by atoms with van der Waals surface area (Å²) in [4.78, 5) is 24.6. The number of nitrogens with zero attached hydrogens (tertiary/aromatic N) is 1. The Morgan fingerprint density at radius 1 is 0.971 bits per heavy atom. The number of esters is 1. The van der Waals surface area contributed by atoms with Crippen molar-refractivity contribution in [1.82, 2.24) is 5.43 Å². The highest BCUT2D eigenvalue weighted by Gasteiger charge is 2.13. The first-order valence-electron chi connectivity index (χ1n) is 10.7. The number of halogens is 1. The minimum absolute atomic E-state index is 0.262. The summed E-state index contributed by atoms with van der Waals surface area (Å²) in [6.45, 7) is 2.73. The maximum atomic E-state index is 12.5. The lowest BCUT2D eigenvalue weighted by atomic mass is 10.2. The average Bonchev–Trinajstić information content (AvgIpc) is 2.85. The van der Waals surface area contributed by atoms with Crippen molar-refractivity contribution in [1.29, 1.82) is 0 Å². The molecule has 0 aliphatic rings. The van der Waals surface area contributed by atoms with Crippen LogP contribution in [0.25, 0.3) is 0 Å². The van der Waals surface area contributed by atoms with E-state index in [1.165, 1.54) is 13.3 Å². The predicted molar refractivity (Wildman–Crippen MR) is 131 cm³/mol. The smallest absolute Gasteiger partial charge is 0.343 e. The third kappa shape index (κ3) is 7.08. The topological polar surface area (TPSA) is 86.2 Å². The molecule has 0 unspecified atom stereocenters. The van der Waals surface area contributed by atoms with Crippen LogP contribution < -0.4 is 19.6 Å². The molecule has 0 saturated carbocycles. The molecule has 34 heavy (non-hydrogen) atoms. The fraction of sp³-hybridized carbons (Fsp3) is 0.192. The van der Waals surface area contributed by atoms with Gasteiger partial charge in [0.05, 0.1) is 25.5 Å². The summed E-state index contributed by atoms with van der Waals surface area (Å²) < 4.78 is 16.5. The number of benzene rings is 3. The summed E-state index contributed by atoms with van der Waals surface area (Å²) in [5, 5.41) is 4.50. The second kappa shape index (κ2) is 12.4. The summed E-state index contributed by atoms with van der Waals surface area (Å²) in [5.74, 6) is 0.426. The number of amides is 1. The second-order valence-electron chi connectivity index (χ2n) is 7.23. The van der Waals surface area contributed by atoms with Crippen molar-refractivity contribution in [2.24, 2.45) is 5.10 Å². The molecule has 3 rings (SSSR count). The molecule has 176 valence electrons. The average molecular weight is 481 g/mol. The molecule has 0 radical (unpaired) electrons. The lowest BCUT2D eigenvalue weighted by Crippen LogP contribution is -2.17. The van der Waals surface area contributed by atoms with E-state index in [9.17, 15) is 9.59 Å². The number of methoxy groups -OCH3 is 1. The Morgan fingerprint density at radius 3 is 2.35 bits per heavy atom. The Labute approximate surface area is 203 Å². The Morgan fingerprint density at radius 2 is 1.68 bits per heavy atom. The molecule has 1 N–H and O–H groups in total. The van der Waals surface area contributed by atoms with Crippen LogP contribution in [0.15, 0.2) is 71.8 Å². The van der Waals surface area contributed by atoms with Crippen LogP contribution in [0, 0.1) is 0 Å². The van der Waals surface area contributed by atoms with Crippen LogP contribution in [0.4, 0.5) is 0 Å². The van der Waals surface area contributed by atoms with Gasteiger partial charge < -0.3 is 14.2 Å². The highest BCUT2D eigenvalue weighted by atomic mass is 35.5. The van der Waals surface area contributed by atoms with E-state index in [1.807, 2.05) is 0 Å². The molecule has 0 spiro atoms. The van der Waals surface area contributed by atoms with E-state index in [2.05, 4.69) is 17.5 Å². The molecule has 1 amide bonds. The number of rotatable bonds is 10. The molecule has 0 bridgehead atoms. The predicted octanol–water partition coefficient (Wildman–Crippen LogP) is 5.51. The van der Waals surface area contributed by atoms with Crippen LogP contribution in [-0.2, 0) is 0 Å². The molecule has 3 aromatic carbocycles. The van der Waals surface area contributed by atoms with Crippen LogP contribution in [0.5, 0.6) is 17.2 Å². The molecule has 0 atom stereocenters. The number of nitrogens with one attached hydrogen (secondary N) is 1. The van der Waals surface area contributed by atoms with Crippen LogP contribution in [0.3, 0.4) is 0 Å². The Hall–Kier alpha value is -3.84. The van der Waals surface area contributed by atoms with E-state index in [0.717, 1.165) is 12.8 Å². The number of hydrogen-bond acceptors (Lipinski definition) is 6. The summed E-state index contributed by atoms with van der Waals surface area (Å²) >= 11 is 5.83. The second-order valence-corrected chi connectivity index (χ2v) is 7.67. The number of ether oxygens (including phenoxy) is 3. The Kier molecular flexibility index (Phi) is 9.05. The number of carbonyl (C=O) groups excluding carboxylic acids is 2. The summed E-state index contributed by atoms with van der Waals surface area (Å²) in [6.07, 6.45) is 3.48. The minimum Gasteiger partial charge on any atom is -0.494 e. The van der Waals surface area contributed by atoms with Gasteiger partial charge in [0.25, 0.3) is 5.91 Å². The van der Waals surface area contributed by atoms with Gasteiger partial charge in [-0.15, -0.1) is 0 Å². The third-order valence-electron chi connectivity index (χ3n) is 4.73. The molecule has 0 heterocycles. The summed E-state index contributed by atoms with van der Waals surface area (Å²) in [6, 6.07) is 18.2. The molecule has 7 nitrogen and oxygen atoms in total. The van der Waals surface area contributed by atoms with Gasteiger partial charge in [-0.25, -0.2) is 10.2 Å². The van der Waals surface area contributed by atoms with Crippen molar-refractivity contribution in [2.75, 3.05) is 13.7 Å². The molecular weight excluding hydrogens is 456 g/mol. The van der Waals surface area contributed by atoms with Crippen molar-refractivity contribution in [3.8, 4) is 17.2 Å². The summed E-state index contributed by atoms with van der Waals surface area (Å²) in [5.41, 5.74) is 3.91. The van der Waals surface area contributed by atoms with Gasteiger partial charge in [-0.2, -0.15) is 5.10 Å². The van der Waals surface area contributed by atoms with Gasteiger partial charge in [0.2, 0.25) is 0 Å². The van der Waals surface area contributed by atoms with Crippen LogP contribution in [0.1, 0.15) is 46.0 Å². The fourth-order valence-corrected chi connectivity index (χ4v) is 2.99. The van der Waals surface area contributed by atoms with Crippen LogP contribution >= 0.6 is 11.6 Å². The molecule has 0 aromatic heterocycles. The zero-order chi connectivity index (χ0) is 24.3. The normalized spacial score (nSPS) is 10.7. The van der Waals surface area contributed by atoms with E-state index in [0.29, 0.717) is 39.8 Å². The first kappa shape index (κ1) is 24.8. The SMILES string of the molecule is CCCCOc1ccc(C(=O)Oc2ccc(/C=N/NC(=O)c3ccc(Cl)cc3)cc2OC)cc1. The van der Waals surface area contributed by atoms with Gasteiger partial charge in [-0.05, 0) is 78.7 Å². The van der Waals surface area contributed by atoms with E-state index >= 15 is 0 Å². The lowest BCUT2D eigenvalue weighted by Gasteiger charge is -2.10. The lowest BCUT2D eigenvalue weighted by molar-refractivity contribution is 0.0729. The Bertz CT molecular complexity index is 1140. The number of hydrogen-bond donors (Lipinski definition) is 1. The number of carbonyl (C=O) groups is 2. The highest BCUT2D eigenvalue weighted by molar-refractivity contribution is 6.30. The van der Waals surface area contributed by atoms with Crippen molar-refractivity contribution in [3.63, 3.8) is 0 Å². The number of unbranched alkanes of at least 4 members (excludes halogenated alkanes) is 1. The van der Waals surface area contributed by atoms with E-state index in [-0.39, 0.29) is 11.7 Å². The maximum absolute atomic E-state index is 12.5. The van der Waals surface area contributed by atoms with Crippen molar-refractivity contribution in [3.05, 3.63) is 88.4 Å². The van der Waals surface area contributed by atoms with Gasteiger partial charge in [0.15, 0.2) is 11.5 Å². The molecule has 0 aliphatic heterocycles. The number of hydrazone groups is 1. The van der Waals surface area contributed by atoms with Crippen molar-refractivity contribution < 1.29 is 23.8 Å². The van der Waals surface area contributed by atoms with Crippen LogP contribution in [0.2, 0.25) is 5.02 Å². The van der Waals surface area contributed by atoms with E-state index in [4.69, 9.17) is 25.8 Å². The standard InChI is InChI=1S/C26H25ClN2O5/c1-3-4-15-33-22-12-8-20(9-13-22)26(31)34-23-14-5-18(16-24(23)32-2)17-28-29-25(30)19-6-10-21(27)11-7-19/h5-14,16-17H,3-4,15H2,1-2H3,(H,29,30)/b28-17+. The maximum Gasteiger partial charge on any atom is 0.343 e. The van der Waals surface area contributed by atoms with Gasteiger partial charge >= 0.3 is 5.97 Å². The zero-order valence-electron chi connectivity index (χ0n) is 18.9. The molecular formula is C26H25ClN2O5. The van der Waals surface area contributed by atoms with E-state index < -0.39 is 5.97 Å². The molecule has 0 saturated heterocycles. The van der Waals surface area contributed by atoms with Gasteiger partial charge in [0, 0.05) is 10.6 Å². The summed E-state index contributed by atoms with van der Waals surface area (Å²) in [7, 11) is 1.47. The first-order chi connectivity index (χ1) is 16.5. The molecule has 8 heteroatoms. The molecule has 0 fully saturated rings. The molecule has 3 aromatic rings. The zero-order valence-corrected chi connectivity index (χ0v) is 19.7. The third-order valence-corrected chi connectivity index (χ3v) is 4.99. The van der Waals surface area contributed by atoms with Gasteiger partial charge in [-0.1, -0.05) is 24.9 Å². The van der Waals surface area contributed by atoms with Crippen molar-refractivity contribution in [2.45, 2.75) is 19.8 Å². The molecule has 0 aliphatic carbocycles. The fourth-order valence-electron chi connectivity index (χ4n) is 2.86. The largest absolute Gasteiger partial charge is 0.494 e. The monoisotopic (exact) mass is 480 g/mol. The quantitative estimate of drug-likeness (QED) is 0.136. The van der Waals surface area contributed by atoms with Crippen molar-refractivity contribution >= 4 is 29.7 Å². The van der Waals surface area contributed by atoms with Gasteiger partial charge in [-0.3, -0.25) is 4.79 Å².